The largest absolute Gasteiger partial charge is 0.125 e. The quantitative estimate of drug-likeness (QED) is 0.641. The third kappa shape index (κ3) is 2.07. The Hall–Kier alpha value is 0.380. The number of alkyl halides is 2. The summed E-state index contributed by atoms with van der Waals surface area (Å²) >= 11 is 23.5. The Bertz CT molecular complexity index is 325. The molecule has 1 saturated carbocycles. The number of hydrogen-bond acceptors (Lipinski definition) is 0. The highest BCUT2D eigenvalue weighted by atomic mass is 35.5. The van der Waals surface area contributed by atoms with Gasteiger partial charge in [-0.1, -0.05) is 23.2 Å². The van der Waals surface area contributed by atoms with E-state index >= 15 is 0 Å². The molecule has 4 heteroatoms. The molecule has 0 aromatic heterocycles. The average molecular weight is 256 g/mol. The number of rotatable bonds is 1. The Labute approximate surface area is 96.7 Å². The molecule has 0 nitrogen and oxygen atoms in total. The Morgan fingerprint density at radius 2 is 1.54 bits per heavy atom. The fraction of sp³-hybridized carbons (Fsp3) is 0.333. The molecule has 1 atom stereocenters. The van der Waals surface area contributed by atoms with Gasteiger partial charge in [-0.15, -0.1) is 23.2 Å². The summed E-state index contributed by atoms with van der Waals surface area (Å²) < 4.78 is -0.617. The first-order chi connectivity index (χ1) is 5.99. The van der Waals surface area contributed by atoms with Crippen LogP contribution in [0.4, 0.5) is 0 Å². The summed E-state index contributed by atoms with van der Waals surface area (Å²) in [4.78, 5) is 0. The molecule has 0 unspecified atom stereocenters. The van der Waals surface area contributed by atoms with E-state index in [1.54, 1.807) is 6.07 Å². The molecule has 70 valence electrons. The van der Waals surface area contributed by atoms with Gasteiger partial charge in [0.1, 0.15) is 4.33 Å². The lowest BCUT2D eigenvalue weighted by Gasteiger charge is -2.02. The van der Waals surface area contributed by atoms with E-state index in [1.807, 2.05) is 12.1 Å². The molecule has 0 saturated heterocycles. The van der Waals surface area contributed by atoms with Crippen molar-refractivity contribution >= 4 is 46.4 Å². The zero-order chi connectivity index (χ0) is 9.64. The first kappa shape index (κ1) is 9.92. The van der Waals surface area contributed by atoms with Gasteiger partial charge in [-0.2, -0.15) is 0 Å². The predicted molar refractivity (Wildman–Crippen MR) is 58.3 cm³/mol. The molecule has 0 bridgehead atoms. The first-order valence-electron chi connectivity index (χ1n) is 3.83. The summed E-state index contributed by atoms with van der Waals surface area (Å²) in [6, 6.07) is 5.40. The maximum absolute atomic E-state index is 5.93. The molecule has 1 fully saturated rings. The number of hydrogen-bond donors (Lipinski definition) is 0. The second-order valence-corrected chi connectivity index (χ2v) is 5.64. The first-order valence-corrected chi connectivity index (χ1v) is 5.34. The van der Waals surface area contributed by atoms with Gasteiger partial charge in [0.05, 0.1) is 0 Å². The molecule has 1 aromatic carbocycles. The third-order valence-corrected chi connectivity index (χ3v) is 3.39. The maximum Gasteiger partial charge on any atom is 0.125 e. The van der Waals surface area contributed by atoms with Crippen molar-refractivity contribution in [1.29, 1.82) is 0 Å². The van der Waals surface area contributed by atoms with Gasteiger partial charge in [0.25, 0.3) is 0 Å². The van der Waals surface area contributed by atoms with Crippen molar-refractivity contribution in [3.05, 3.63) is 33.8 Å². The lowest BCUT2D eigenvalue weighted by Crippen LogP contribution is -1.89. The maximum atomic E-state index is 5.93. The summed E-state index contributed by atoms with van der Waals surface area (Å²) in [5, 5.41) is 1.25. The molecule has 2 rings (SSSR count). The van der Waals surface area contributed by atoms with Crippen molar-refractivity contribution in [1.82, 2.24) is 0 Å². The van der Waals surface area contributed by atoms with Gasteiger partial charge in [-0.3, -0.25) is 0 Å². The van der Waals surface area contributed by atoms with Crippen molar-refractivity contribution in [3.8, 4) is 0 Å². The van der Waals surface area contributed by atoms with Crippen LogP contribution in [0.1, 0.15) is 17.9 Å². The molecule has 0 amide bonds. The van der Waals surface area contributed by atoms with Crippen LogP contribution in [0.3, 0.4) is 0 Å². The molecular weight excluding hydrogens is 250 g/mol. The monoisotopic (exact) mass is 254 g/mol. The molecule has 0 spiro atoms. The van der Waals surface area contributed by atoms with Crippen LogP contribution in [0.2, 0.25) is 10.0 Å². The van der Waals surface area contributed by atoms with E-state index in [0.717, 1.165) is 12.0 Å². The molecule has 1 aliphatic carbocycles. The second kappa shape index (κ2) is 3.20. The van der Waals surface area contributed by atoms with Crippen LogP contribution in [-0.2, 0) is 0 Å². The van der Waals surface area contributed by atoms with E-state index in [4.69, 9.17) is 46.4 Å². The van der Waals surface area contributed by atoms with Crippen molar-refractivity contribution in [2.45, 2.75) is 16.7 Å². The topological polar surface area (TPSA) is 0 Å². The van der Waals surface area contributed by atoms with Crippen molar-refractivity contribution in [2.75, 3.05) is 0 Å². The van der Waals surface area contributed by atoms with E-state index in [9.17, 15) is 0 Å². The van der Waals surface area contributed by atoms with Crippen LogP contribution in [0.5, 0.6) is 0 Å². The molecule has 13 heavy (non-hydrogen) atoms. The fourth-order valence-corrected chi connectivity index (χ4v) is 2.45. The van der Waals surface area contributed by atoms with E-state index in [2.05, 4.69) is 0 Å². The van der Waals surface area contributed by atoms with Crippen molar-refractivity contribution in [2.24, 2.45) is 0 Å². The predicted octanol–water partition coefficient (Wildman–Crippen LogP) is 4.65. The van der Waals surface area contributed by atoms with Gasteiger partial charge < -0.3 is 0 Å². The lowest BCUT2D eigenvalue weighted by molar-refractivity contribution is 1.11. The van der Waals surface area contributed by atoms with Crippen molar-refractivity contribution < 1.29 is 0 Å². The zero-order valence-corrected chi connectivity index (χ0v) is 9.55. The molecule has 0 aliphatic heterocycles. The minimum Gasteiger partial charge on any atom is -0.101 e. The highest BCUT2D eigenvalue weighted by Crippen LogP contribution is 2.59. The van der Waals surface area contributed by atoms with Crippen LogP contribution in [0.25, 0.3) is 0 Å². The van der Waals surface area contributed by atoms with Gasteiger partial charge in [0.15, 0.2) is 0 Å². The Balaban J connectivity index is 2.32. The highest BCUT2D eigenvalue weighted by Gasteiger charge is 2.52. The smallest absolute Gasteiger partial charge is 0.101 e. The second-order valence-electron chi connectivity index (χ2n) is 3.22. The molecule has 1 aliphatic rings. The van der Waals surface area contributed by atoms with E-state index < -0.39 is 4.33 Å². The summed E-state index contributed by atoms with van der Waals surface area (Å²) in [5.41, 5.74) is 1.02. The van der Waals surface area contributed by atoms with Gasteiger partial charge >= 0.3 is 0 Å². The zero-order valence-electron chi connectivity index (χ0n) is 6.53. The van der Waals surface area contributed by atoms with E-state index in [1.165, 1.54) is 0 Å². The summed E-state index contributed by atoms with van der Waals surface area (Å²) in [6.07, 6.45) is 0.771. The third-order valence-electron chi connectivity index (χ3n) is 2.11. The standard InChI is InChI=1S/C9H6Cl4/c10-6-1-5(2-7(11)3-6)8-4-9(8,12)13/h1-3,8H,4H2/t8-/m0/s1. The molecule has 0 N–H and O–H groups in total. The molecule has 0 heterocycles. The number of benzene rings is 1. The van der Waals surface area contributed by atoms with E-state index in [-0.39, 0.29) is 5.92 Å². The Morgan fingerprint density at radius 3 is 1.92 bits per heavy atom. The average Bonchev–Trinajstić information content (AvgIpc) is 2.57. The van der Waals surface area contributed by atoms with Crippen LogP contribution in [-0.4, -0.2) is 4.33 Å². The van der Waals surface area contributed by atoms with Gasteiger partial charge in [0.2, 0.25) is 0 Å². The van der Waals surface area contributed by atoms with Crippen LogP contribution in [0, 0.1) is 0 Å². The minimum atomic E-state index is -0.617. The van der Waals surface area contributed by atoms with Crippen LogP contribution in [0.15, 0.2) is 18.2 Å². The Kier molecular flexibility index (Phi) is 2.44. The van der Waals surface area contributed by atoms with Gasteiger partial charge in [0, 0.05) is 16.0 Å². The SMILES string of the molecule is Clc1cc(Cl)cc([C@@H]2CC2(Cl)Cl)c1. The summed E-state index contributed by atoms with van der Waals surface area (Å²) in [7, 11) is 0. The van der Waals surface area contributed by atoms with Gasteiger partial charge in [-0.05, 0) is 30.2 Å². The fourth-order valence-electron chi connectivity index (χ4n) is 1.35. The lowest BCUT2D eigenvalue weighted by atomic mass is 10.1. The van der Waals surface area contributed by atoms with Gasteiger partial charge in [-0.25, -0.2) is 0 Å². The summed E-state index contributed by atoms with van der Waals surface area (Å²) in [6.45, 7) is 0. The molecule has 0 radical (unpaired) electrons. The molecular formula is C9H6Cl4. The van der Waals surface area contributed by atoms with E-state index in [0.29, 0.717) is 10.0 Å². The van der Waals surface area contributed by atoms with Crippen LogP contribution < -0.4 is 0 Å². The van der Waals surface area contributed by atoms with Crippen LogP contribution >= 0.6 is 46.4 Å². The van der Waals surface area contributed by atoms with Crippen molar-refractivity contribution in [3.63, 3.8) is 0 Å². The molecule has 1 aromatic rings. The number of halogens is 4. The minimum absolute atomic E-state index is 0.173. The highest BCUT2D eigenvalue weighted by molar-refractivity contribution is 6.51. The summed E-state index contributed by atoms with van der Waals surface area (Å²) in [5.74, 6) is 0.173. The normalized spacial score (nSPS) is 24.5. The Morgan fingerprint density at radius 1 is 1.08 bits per heavy atom.